The Labute approximate surface area is 160 Å². The van der Waals surface area contributed by atoms with Gasteiger partial charge in [0.15, 0.2) is 5.13 Å². The van der Waals surface area contributed by atoms with Crippen molar-refractivity contribution in [2.75, 3.05) is 38.6 Å². The van der Waals surface area contributed by atoms with Crippen LogP contribution in [-0.4, -0.2) is 61.3 Å². The maximum absolute atomic E-state index is 13.5. The number of rotatable bonds is 7. The molecular formula is C18H22FN4O3S+. The fraction of sp³-hybridized carbons (Fsp3) is 0.444. The van der Waals surface area contributed by atoms with Crippen LogP contribution in [0.2, 0.25) is 0 Å². The van der Waals surface area contributed by atoms with E-state index in [4.69, 9.17) is 0 Å². The van der Waals surface area contributed by atoms with Crippen LogP contribution in [0.15, 0.2) is 18.2 Å². The van der Waals surface area contributed by atoms with Crippen LogP contribution in [-0.2, 0) is 14.4 Å². The van der Waals surface area contributed by atoms with Crippen LogP contribution in [0, 0.1) is 5.82 Å². The first-order valence-corrected chi connectivity index (χ1v) is 9.65. The van der Waals surface area contributed by atoms with E-state index >= 15 is 0 Å². The highest BCUT2D eigenvalue weighted by Gasteiger charge is 2.32. The normalized spacial score (nSPS) is 14.6. The highest BCUT2D eigenvalue weighted by molar-refractivity contribution is 7.22. The Bertz CT molecular complexity index is 867. The average molecular weight is 393 g/mol. The molecule has 3 amide bonds. The number of anilines is 1. The summed E-state index contributed by atoms with van der Waals surface area (Å²) in [5.41, 5.74) is 0.612. The molecule has 1 aliphatic rings. The SMILES string of the molecule is C[NH+](C)CCCN(C(=O)CN1C(=O)CCC1=O)c1nc2ccc(F)cc2s1. The summed E-state index contributed by atoms with van der Waals surface area (Å²) in [6, 6.07) is 4.29. The van der Waals surface area contributed by atoms with Gasteiger partial charge in [-0.05, 0) is 18.2 Å². The summed E-state index contributed by atoms with van der Waals surface area (Å²) in [6.45, 7) is 0.990. The molecular weight excluding hydrogens is 371 g/mol. The third-order valence-electron chi connectivity index (χ3n) is 4.38. The van der Waals surface area contributed by atoms with Crippen molar-refractivity contribution < 1.29 is 23.7 Å². The fourth-order valence-corrected chi connectivity index (χ4v) is 3.97. The number of aromatic nitrogens is 1. The molecule has 1 N–H and O–H groups in total. The molecule has 27 heavy (non-hydrogen) atoms. The molecule has 0 unspecified atom stereocenters. The third kappa shape index (κ3) is 4.48. The lowest BCUT2D eigenvalue weighted by atomic mass is 10.3. The van der Waals surface area contributed by atoms with Crippen LogP contribution in [0.25, 0.3) is 10.2 Å². The minimum Gasteiger partial charge on any atom is -0.340 e. The van der Waals surface area contributed by atoms with Gasteiger partial charge in [-0.2, -0.15) is 0 Å². The topological polar surface area (TPSA) is 75.0 Å². The Hall–Kier alpha value is -2.39. The van der Waals surface area contributed by atoms with Gasteiger partial charge in [-0.15, -0.1) is 0 Å². The van der Waals surface area contributed by atoms with Crippen LogP contribution in [0.4, 0.5) is 9.52 Å². The van der Waals surface area contributed by atoms with E-state index in [2.05, 4.69) is 4.98 Å². The van der Waals surface area contributed by atoms with Crippen molar-refractivity contribution >= 4 is 44.4 Å². The zero-order valence-corrected chi connectivity index (χ0v) is 16.1. The number of hydrogen-bond donors (Lipinski definition) is 1. The molecule has 0 saturated carbocycles. The minimum atomic E-state index is -0.361. The first-order chi connectivity index (χ1) is 12.8. The van der Waals surface area contributed by atoms with Crippen LogP contribution >= 0.6 is 11.3 Å². The molecule has 2 heterocycles. The van der Waals surface area contributed by atoms with Crippen molar-refractivity contribution in [3.8, 4) is 0 Å². The van der Waals surface area contributed by atoms with Gasteiger partial charge in [0.1, 0.15) is 12.4 Å². The number of halogens is 1. The number of imide groups is 1. The van der Waals surface area contributed by atoms with Crippen molar-refractivity contribution in [2.45, 2.75) is 19.3 Å². The van der Waals surface area contributed by atoms with Crippen molar-refractivity contribution in [3.05, 3.63) is 24.0 Å². The number of carbonyl (C=O) groups excluding carboxylic acids is 3. The number of benzene rings is 1. The third-order valence-corrected chi connectivity index (χ3v) is 5.42. The summed E-state index contributed by atoms with van der Waals surface area (Å²) in [6.07, 6.45) is 1.04. The standard InChI is InChI=1S/C18H21FN4O3S/c1-21(2)8-3-9-22(17(26)11-23-15(24)6-7-16(23)25)18-20-13-5-4-12(19)10-14(13)27-18/h4-5,10H,3,6-9,11H2,1-2H3/p+1. The van der Waals surface area contributed by atoms with Crippen LogP contribution in [0.3, 0.4) is 0 Å². The van der Waals surface area contributed by atoms with Gasteiger partial charge in [0.05, 0.1) is 30.9 Å². The van der Waals surface area contributed by atoms with E-state index in [-0.39, 0.29) is 42.9 Å². The van der Waals surface area contributed by atoms with E-state index < -0.39 is 0 Å². The molecule has 0 bridgehead atoms. The Morgan fingerprint density at radius 3 is 2.67 bits per heavy atom. The van der Waals surface area contributed by atoms with Crippen LogP contribution < -0.4 is 9.80 Å². The Kier molecular flexibility index (Phi) is 5.81. The number of hydrogen-bond acceptors (Lipinski definition) is 5. The molecule has 1 aromatic carbocycles. The molecule has 0 atom stereocenters. The van der Waals surface area contributed by atoms with Gasteiger partial charge in [0.2, 0.25) is 17.7 Å². The highest BCUT2D eigenvalue weighted by Crippen LogP contribution is 2.29. The van der Waals surface area contributed by atoms with Gasteiger partial charge in [0, 0.05) is 25.8 Å². The van der Waals surface area contributed by atoms with E-state index in [1.54, 1.807) is 6.07 Å². The van der Waals surface area contributed by atoms with Crippen molar-refractivity contribution in [2.24, 2.45) is 0 Å². The largest absolute Gasteiger partial charge is 0.340 e. The molecule has 1 aromatic heterocycles. The molecule has 0 aliphatic carbocycles. The van der Waals surface area contributed by atoms with Crippen LogP contribution in [0.5, 0.6) is 0 Å². The van der Waals surface area contributed by atoms with E-state index in [9.17, 15) is 18.8 Å². The number of thiazole rings is 1. The highest BCUT2D eigenvalue weighted by atomic mass is 32.1. The summed E-state index contributed by atoms with van der Waals surface area (Å²) < 4.78 is 14.1. The number of carbonyl (C=O) groups is 3. The molecule has 2 aromatic rings. The number of fused-ring (bicyclic) bond motifs is 1. The lowest BCUT2D eigenvalue weighted by molar-refractivity contribution is -0.858. The molecule has 3 rings (SSSR count). The fourth-order valence-electron chi connectivity index (χ4n) is 2.94. The molecule has 0 radical (unpaired) electrons. The number of nitrogens with zero attached hydrogens (tertiary/aromatic N) is 3. The number of quaternary nitrogens is 1. The maximum atomic E-state index is 13.5. The number of likely N-dealkylation sites (tertiary alicyclic amines) is 1. The van der Waals surface area contributed by atoms with E-state index in [0.29, 0.717) is 21.9 Å². The van der Waals surface area contributed by atoms with Gasteiger partial charge in [-0.25, -0.2) is 9.37 Å². The van der Waals surface area contributed by atoms with Crippen LogP contribution in [0.1, 0.15) is 19.3 Å². The number of amides is 3. The first kappa shape index (κ1) is 19.4. The molecule has 1 aliphatic heterocycles. The summed E-state index contributed by atoms with van der Waals surface area (Å²) in [4.78, 5) is 44.8. The maximum Gasteiger partial charge on any atom is 0.248 e. The zero-order chi connectivity index (χ0) is 19.6. The molecule has 1 saturated heterocycles. The second-order valence-electron chi connectivity index (χ2n) is 6.84. The molecule has 7 nitrogen and oxygen atoms in total. The quantitative estimate of drug-likeness (QED) is 0.694. The van der Waals surface area contributed by atoms with Gasteiger partial charge in [-0.3, -0.25) is 24.2 Å². The van der Waals surface area contributed by atoms with Crippen molar-refractivity contribution in [1.82, 2.24) is 9.88 Å². The Morgan fingerprint density at radius 1 is 1.30 bits per heavy atom. The molecule has 1 fully saturated rings. The summed E-state index contributed by atoms with van der Waals surface area (Å²) in [5, 5.41) is 0.452. The molecule has 144 valence electrons. The van der Waals surface area contributed by atoms with Crippen molar-refractivity contribution in [1.29, 1.82) is 0 Å². The van der Waals surface area contributed by atoms with E-state index in [1.807, 2.05) is 14.1 Å². The zero-order valence-electron chi connectivity index (χ0n) is 15.3. The summed E-state index contributed by atoms with van der Waals surface area (Å²) in [5.74, 6) is -1.36. The second kappa shape index (κ2) is 8.10. The Morgan fingerprint density at radius 2 is 2.00 bits per heavy atom. The summed E-state index contributed by atoms with van der Waals surface area (Å²) in [7, 11) is 4.04. The Balaban J connectivity index is 1.83. The first-order valence-electron chi connectivity index (χ1n) is 8.84. The second-order valence-corrected chi connectivity index (χ2v) is 7.85. The monoisotopic (exact) mass is 393 g/mol. The van der Waals surface area contributed by atoms with E-state index in [1.165, 1.54) is 33.3 Å². The predicted octanol–water partition coefficient (Wildman–Crippen LogP) is 0.452. The van der Waals surface area contributed by atoms with Gasteiger partial charge < -0.3 is 4.90 Å². The molecule has 9 heteroatoms. The number of nitrogens with one attached hydrogen (secondary N) is 1. The molecule has 0 spiro atoms. The van der Waals surface area contributed by atoms with Gasteiger partial charge in [0.25, 0.3) is 0 Å². The predicted molar refractivity (Wildman–Crippen MR) is 100 cm³/mol. The summed E-state index contributed by atoms with van der Waals surface area (Å²) >= 11 is 1.23. The lowest BCUT2D eigenvalue weighted by Gasteiger charge is -2.22. The average Bonchev–Trinajstić information content (AvgIpc) is 3.15. The van der Waals surface area contributed by atoms with Gasteiger partial charge >= 0.3 is 0 Å². The minimum absolute atomic E-state index is 0.149. The smallest absolute Gasteiger partial charge is 0.248 e. The van der Waals surface area contributed by atoms with Gasteiger partial charge in [-0.1, -0.05) is 11.3 Å². The van der Waals surface area contributed by atoms with Crippen molar-refractivity contribution in [3.63, 3.8) is 0 Å². The van der Waals surface area contributed by atoms with E-state index in [0.717, 1.165) is 17.9 Å². The lowest BCUT2D eigenvalue weighted by Crippen LogP contribution is -3.05.